The second-order valence-corrected chi connectivity index (χ2v) is 23.7. The summed E-state index contributed by atoms with van der Waals surface area (Å²) in [7, 11) is 1.47. The lowest BCUT2D eigenvalue weighted by molar-refractivity contribution is -0.870. The van der Waals surface area contributed by atoms with E-state index in [-0.39, 0.29) is 25.5 Å². The van der Waals surface area contributed by atoms with Crippen molar-refractivity contribution in [2.45, 2.75) is 290 Å². The normalized spacial score (nSPS) is 14.2. The molecule has 436 valence electrons. The predicted molar refractivity (Wildman–Crippen MR) is 323 cm³/mol. The summed E-state index contributed by atoms with van der Waals surface area (Å²) in [5.74, 6) is -0.585. The van der Waals surface area contributed by atoms with Gasteiger partial charge in [0.1, 0.15) is 19.3 Å². The third kappa shape index (κ3) is 56.0. The Hall–Kier alpha value is -2.55. The van der Waals surface area contributed by atoms with Crippen LogP contribution in [0.15, 0.2) is 72.9 Å². The van der Waals surface area contributed by atoms with Crippen LogP contribution in [0, 0.1) is 0 Å². The number of quaternary nitrogens is 1. The number of carbonyl (C=O) groups is 2. The Bertz CT molecular complexity index is 1510. The summed E-state index contributed by atoms with van der Waals surface area (Å²) < 4.78 is 30.6. The quantitative estimate of drug-likeness (QED) is 0.0205. The molecule has 0 aromatic rings. The highest BCUT2D eigenvalue weighted by Gasteiger charge is 2.30. The summed E-state index contributed by atoms with van der Waals surface area (Å²) in [5.41, 5.74) is 0. The van der Waals surface area contributed by atoms with Crippen molar-refractivity contribution in [3.63, 3.8) is 0 Å². The number of esters is 1. The zero-order valence-electron chi connectivity index (χ0n) is 49.8. The third-order valence-electron chi connectivity index (χ3n) is 13.6. The molecule has 0 rings (SSSR count). The predicted octanol–water partition coefficient (Wildman–Crippen LogP) is 19.2. The summed E-state index contributed by atoms with van der Waals surface area (Å²) in [6.07, 6.45) is 70.6. The Morgan fingerprint density at radius 1 is 0.467 bits per heavy atom. The number of nitrogens with one attached hydrogen (secondary N) is 1. The Morgan fingerprint density at radius 3 is 1.27 bits per heavy atom. The highest BCUT2D eigenvalue weighted by atomic mass is 31.2. The SMILES string of the molecule is CCCCC/C=C\C/C=C\C/C=C\CCCCCCCCCCCCC(=O)NC(COP(=O)(O)OCC[N+](C)(C)C)C(/C=C\CCCCCCCCCCCCC)OC(=O)CC/C=C/C/C=C\CCCCCCCC. The maximum absolute atomic E-state index is 13.5. The average molecular weight is 1070 g/mol. The van der Waals surface area contributed by atoms with Crippen molar-refractivity contribution in [2.24, 2.45) is 0 Å². The third-order valence-corrected chi connectivity index (χ3v) is 14.6. The highest BCUT2D eigenvalue weighted by Crippen LogP contribution is 2.43. The minimum atomic E-state index is -4.46. The topological polar surface area (TPSA) is 111 Å². The molecular weight excluding hydrogens is 952 g/mol. The number of phosphoric ester groups is 1. The summed E-state index contributed by atoms with van der Waals surface area (Å²) in [6.45, 7) is 6.95. The maximum atomic E-state index is 13.5. The lowest BCUT2D eigenvalue weighted by Gasteiger charge is -2.27. The van der Waals surface area contributed by atoms with Crippen LogP contribution in [0.5, 0.6) is 0 Å². The average Bonchev–Trinajstić information content (AvgIpc) is 3.37. The molecule has 0 fully saturated rings. The van der Waals surface area contributed by atoms with E-state index in [0.717, 1.165) is 77.0 Å². The first-order valence-electron chi connectivity index (χ1n) is 31.3. The lowest BCUT2D eigenvalue weighted by atomic mass is 10.0. The van der Waals surface area contributed by atoms with Crippen LogP contribution in [0.25, 0.3) is 0 Å². The van der Waals surface area contributed by atoms with Gasteiger partial charge in [-0.25, -0.2) is 4.57 Å². The fraction of sp³-hybridized carbons (Fsp3) is 0.785. The van der Waals surface area contributed by atoms with Crippen molar-refractivity contribution >= 4 is 19.7 Å². The van der Waals surface area contributed by atoms with Crippen LogP contribution >= 0.6 is 7.82 Å². The van der Waals surface area contributed by atoms with Gasteiger partial charge < -0.3 is 19.4 Å². The van der Waals surface area contributed by atoms with Crippen LogP contribution in [-0.4, -0.2) is 74.3 Å². The molecule has 1 amide bonds. The van der Waals surface area contributed by atoms with Gasteiger partial charge in [0.2, 0.25) is 5.91 Å². The smallest absolute Gasteiger partial charge is 0.456 e. The number of unbranched alkanes of at least 4 members (excludes halogenated alkanes) is 30. The number of nitrogens with zero attached hydrogens (tertiary/aromatic N) is 1. The molecule has 9 nitrogen and oxygen atoms in total. The second-order valence-electron chi connectivity index (χ2n) is 22.2. The molecule has 3 atom stereocenters. The van der Waals surface area contributed by atoms with Gasteiger partial charge in [-0.3, -0.25) is 18.6 Å². The fourth-order valence-electron chi connectivity index (χ4n) is 8.76. The molecule has 0 saturated heterocycles. The van der Waals surface area contributed by atoms with E-state index >= 15 is 0 Å². The highest BCUT2D eigenvalue weighted by molar-refractivity contribution is 7.47. The molecule has 0 spiro atoms. The van der Waals surface area contributed by atoms with Gasteiger partial charge in [-0.1, -0.05) is 248 Å². The lowest BCUT2D eigenvalue weighted by Crippen LogP contribution is -2.47. The van der Waals surface area contributed by atoms with E-state index in [9.17, 15) is 19.0 Å². The molecule has 0 bridgehead atoms. The van der Waals surface area contributed by atoms with Gasteiger partial charge in [0, 0.05) is 12.8 Å². The van der Waals surface area contributed by atoms with Gasteiger partial charge in [0.05, 0.1) is 33.8 Å². The van der Waals surface area contributed by atoms with Gasteiger partial charge in [-0.05, 0) is 89.5 Å². The summed E-state index contributed by atoms with van der Waals surface area (Å²) in [4.78, 5) is 37.6. The molecule has 75 heavy (non-hydrogen) atoms. The van der Waals surface area contributed by atoms with Crippen molar-refractivity contribution in [1.29, 1.82) is 0 Å². The number of amides is 1. The first kappa shape index (κ1) is 72.5. The molecule has 0 radical (unpaired) electrons. The van der Waals surface area contributed by atoms with Crippen LogP contribution in [-0.2, 0) is 27.9 Å². The standard InChI is InChI=1S/C65H119N2O7P/c1-7-10-13-16-19-22-25-28-29-30-31-32-33-34-35-36-37-40-42-45-48-51-54-57-64(68)66-62(61-73-75(70,71)72-60-59-67(4,5)6)63(56-53-50-47-44-41-38-26-23-20-17-14-11-8-2)74-65(69)58-55-52-49-46-43-39-27-24-21-18-15-12-9-3/h19,22,28-29,31-32,39,43,49,52-53,56,62-63H,7-18,20-21,23-27,30,33-38,40-42,44-48,50-51,54-55,57-61H2,1-6H3,(H-,66,68,70,71)/p+1/b22-19-,29-28-,32-31-,43-39-,52-49+,56-53-. The van der Waals surface area contributed by atoms with Gasteiger partial charge in [-0.15, -0.1) is 0 Å². The number of carbonyl (C=O) groups excluding carboxylic acids is 2. The molecule has 3 unspecified atom stereocenters. The van der Waals surface area contributed by atoms with Crippen molar-refractivity contribution in [2.75, 3.05) is 40.9 Å². The van der Waals surface area contributed by atoms with E-state index in [2.05, 4.69) is 80.8 Å². The van der Waals surface area contributed by atoms with E-state index in [0.29, 0.717) is 23.9 Å². The van der Waals surface area contributed by atoms with Crippen LogP contribution in [0.2, 0.25) is 0 Å². The molecular formula is C65H120N2O7P+. The van der Waals surface area contributed by atoms with Gasteiger partial charge in [0.15, 0.2) is 0 Å². The molecule has 0 saturated carbocycles. The number of hydrogen-bond acceptors (Lipinski definition) is 6. The van der Waals surface area contributed by atoms with E-state index in [1.165, 1.54) is 161 Å². The first-order valence-corrected chi connectivity index (χ1v) is 32.8. The van der Waals surface area contributed by atoms with Crippen molar-refractivity contribution < 1.29 is 37.3 Å². The van der Waals surface area contributed by atoms with Gasteiger partial charge in [0.25, 0.3) is 0 Å². The number of likely N-dealkylation sites (N-methyl/N-ethyl adjacent to an activating group) is 1. The number of hydrogen-bond donors (Lipinski definition) is 2. The van der Waals surface area contributed by atoms with E-state index < -0.39 is 25.9 Å². The minimum Gasteiger partial charge on any atom is -0.456 e. The zero-order chi connectivity index (χ0) is 55.0. The Labute approximate surface area is 463 Å². The van der Waals surface area contributed by atoms with Gasteiger partial charge >= 0.3 is 13.8 Å². The van der Waals surface area contributed by atoms with E-state index in [1.807, 2.05) is 39.4 Å². The number of phosphoric acid groups is 1. The zero-order valence-corrected chi connectivity index (χ0v) is 50.7. The summed E-state index contributed by atoms with van der Waals surface area (Å²) in [5, 5.41) is 3.04. The largest absolute Gasteiger partial charge is 0.472 e. The molecule has 0 aliphatic heterocycles. The maximum Gasteiger partial charge on any atom is 0.472 e. The Morgan fingerprint density at radius 2 is 0.827 bits per heavy atom. The minimum absolute atomic E-state index is 0.0301. The number of rotatable bonds is 56. The van der Waals surface area contributed by atoms with Gasteiger partial charge in [-0.2, -0.15) is 0 Å². The second kappa shape index (κ2) is 54.8. The molecule has 10 heteroatoms. The van der Waals surface area contributed by atoms with Crippen molar-refractivity contribution in [1.82, 2.24) is 5.32 Å². The monoisotopic (exact) mass is 1070 g/mol. The number of allylic oxidation sites excluding steroid dienone is 11. The van der Waals surface area contributed by atoms with Crippen molar-refractivity contribution in [3.05, 3.63) is 72.9 Å². The van der Waals surface area contributed by atoms with Crippen molar-refractivity contribution in [3.8, 4) is 0 Å². The molecule has 0 aromatic heterocycles. The van der Waals surface area contributed by atoms with E-state index in [4.69, 9.17) is 13.8 Å². The summed E-state index contributed by atoms with van der Waals surface area (Å²) >= 11 is 0. The van der Waals surface area contributed by atoms with Crippen LogP contribution < -0.4 is 5.32 Å². The fourth-order valence-corrected chi connectivity index (χ4v) is 9.50. The first-order chi connectivity index (χ1) is 36.4. The van der Waals surface area contributed by atoms with Crippen LogP contribution in [0.1, 0.15) is 278 Å². The van der Waals surface area contributed by atoms with E-state index in [1.54, 1.807) is 0 Å². The molecule has 0 aliphatic rings. The Kier molecular flexibility index (Phi) is 52.9. The molecule has 0 heterocycles. The molecule has 2 N–H and O–H groups in total. The van der Waals surface area contributed by atoms with Crippen LogP contribution in [0.4, 0.5) is 0 Å². The Balaban J connectivity index is 5.25. The summed E-state index contributed by atoms with van der Waals surface area (Å²) in [6, 6.07) is -0.875. The molecule has 0 aromatic carbocycles. The van der Waals surface area contributed by atoms with Crippen LogP contribution in [0.3, 0.4) is 0 Å². The molecule has 0 aliphatic carbocycles. The number of ether oxygens (including phenoxy) is 1.